The van der Waals surface area contributed by atoms with E-state index in [0.29, 0.717) is 40.9 Å². The SMILES string of the molecule is COCCNC(=O)C1c2ccccc2C(=O)N(Cc2ccc(Cl)cc2)C1c1c[nH]c2cc(Cl)ccc12. The van der Waals surface area contributed by atoms with Crippen molar-refractivity contribution in [3.8, 4) is 0 Å². The molecule has 2 atom stereocenters. The summed E-state index contributed by atoms with van der Waals surface area (Å²) in [5, 5.41) is 5.13. The van der Waals surface area contributed by atoms with Gasteiger partial charge in [0, 0.05) is 58.5 Å². The number of hydrogen-bond acceptors (Lipinski definition) is 3. The van der Waals surface area contributed by atoms with Crippen LogP contribution < -0.4 is 5.32 Å². The Morgan fingerprint density at radius 2 is 1.78 bits per heavy atom. The van der Waals surface area contributed by atoms with Gasteiger partial charge in [-0.15, -0.1) is 0 Å². The highest BCUT2D eigenvalue weighted by atomic mass is 35.5. The monoisotopic (exact) mass is 521 g/mol. The summed E-state index contributed by atoms with van der Waals surface area (Å²) in [6, 6.07) is 19.8. The number of nitrogens with one attached hydrogen (secondary N) is 2. The second-order valence-electron chi connectivity index (χ2n) is 8.79. The van der Waals surface area contributed by atoms with Crippen LogP contribution in [0.15, 0.2) is 72.9 Å². The van der Waals surface area contributed by atoms with E-state index in [2.05, 4.69) is 10.3 Å². The first-order valence-electron chi connectivity index (χ1n) is 11.7. The number of carbonyl (C=O) groups is 2. The van der Waals surface area contributed by atoms with Crippen molar-refractivity contribution in [2.45, 2.75) is 18.5 Å². The molecule has 4 aromatic rings. The van der Waals surface area contributed by atoms with Crippen molar-refractivity contribution in [2.75, 3.05) is 20.3 Å². The van der Waals surface area contributed by atoms with Gasteiger partial charge in [-0.25, -0.2) is 0 Å². The molecule has 184 valence electrons. The van der Waals surface area contributed by atoms with Gasteiger partial charge >= 0.3 is 0 Å². The van der Waals surface area contributed by atoms with Crippen LogP contribution in [0.3, 0.4) is 0 Å². The normalized spacial score (nSPS) is 17.3. The molecule has 6 nitrogen and oxygen atoms in total. The fraction of sp³-hybridized carbons (Fsp3) is 0.214. The van der Waals surface area contributed by atoms with Gasteiger partial charge in [-0.05, 0) is 41.5 Å². The summed E-state index contributed by atoms with van der Waals surface area (Å²) in [6.45, 7) is 1.08. The molecule has 0 radical (unpaired) electrons. The maximum Gasteiger partial charge on any atom is 0.255 e. The van der Waals surface area contributed by atoms with Gasteiger partial charge in [0.05, 0.1) is 18.6 Å². The number of carbonyl (C=O) groups excluding carboxylic acids is 2. The predicted molar refractivity (Wildman–Crippen MR) is 141 cm³/mol. The highest BCUT2D eigenvalue weighted by Gasteiger charge is 2.44. The number of fused-ring (bicyclic) bond motifs is 2. The van der Waals surface area contributed by atoms with Crippen molar-refractivity contribution in [2.24, 2.45) is 0 Å². The third-order valence-corrected chi connectivity index (χ3v) is 7.07. The van der Waals surface area contributed by atoms with Crippen molar-refractivity contribution >= 4 is 45.9 Å². The van der Waals surface area contributed by atoms with E-state index in [0.717, 1.165) is 22.0 Å². The lowest BCUT2D eigenvalue weighted by Gasteiger charge is -2.41. The maximum atomic E-state index is 13.9. The first-order valence-corrected chi connectivity index (χ1v) is 12.4. The molecule has 0 spiro atoms. The summed E-state index contributed by atoms with van der Waals surface area (Å²) >= 11 is 12.3. The van der Waals surface area contributed by atoms with Gasteiger partial charge in [0.1, 0.15) is 0 Å². The molecule has 36 heavy (non-hydrogen) atoms. The van der Waals surface area contributed by atoms with Crippen LogP contribution in [0.2, 0.25) is 10.0 Å². The lowest BCUT2D eigenvalue weighted by atomic mass is 9.79. The molecule has 5 rings (SSSR count). The van der Waals surface area contributed by atoms with Crippen molar-refractivity contribution in [1.29, 1.82) is 0 Å². The molecule has 0 aliphatic carbocycles. The van der Waals surface area contributed by atoms with Crippen LogP contribution in [0.1, 0.15) is 39.0 Å². The van der Waals surface area contributed by atoms with Gasteiger partial charge in [0.15, 0.2) is 0 Å². The largest absolute Gasteiger partial charge is 0.383 e. The Morgan fingerprint density at radius 3 is 2.56 bits per heavy atom. The number of ether oxygens (including phenoxy) is 1. The minimum absolute atomic E-state index is 0.130. The number of nitrogens with zero attached hydrogens (tertiary/aromatic N) is 1. The summed E-state index contributed by atoms with van der Waals surface area (Å²) < 4.78 is 5.14. The Balaban J connectivity index is 1.68. The molecule has 2 N–H and O–H groups in total. The third kappa shape index (κ3) is 4.60. The minimum Gasteiger partial charge on any atom is -0.383 e. The van der Waals surface area contributed by atoms with E-state index in [9.17, 15) is 9.59 Å². The van der Waals surface area contributed by atoms with E-state index >= 15 is 0 Å². The maximum absolute atomic E-state index is 13.9. The van der Waals surface area contributed by atoms with Crippen LogP contribution in [-0.2, 0) is 16.1 Å². The smallest absolute Gasteiger partial charge is 0.255 e. The molecule has 0 fully saturated rings. The van der Waals surface area contributed by atoms with E-state index in [1.54, 1.807) is 30.2 Å². The standard InChI is InChI=1S/C28H25Cl2N3O3/c1-36-13-12-31-27(34)25-21-4-2-3-5-22(21)28(35)33(16-17-6-8-18(29)9-7-17)26(25)23-15-32-24-14-19(30)10-11-20(23)24/h2-11,14-15,25-26,32H,12-13,16H2,1H3,(H,31,34). The van der Waals surface area contributed by atoms with Crippen LogP contribution in [0.4, 0.5) is 0 Å². The second-order valence-corrected chi connectivity index (χ2v) is 9.66. The van der Waals surface area contributed by atoms with Gasteiger partial charge < -0.3 is 19.9 Å². The molecule has 0 saturated carbocycles. The Morgan fingerprint density at radius 1 is 1.03 bits per heavy atom. The zero-order valence-electron chi connectivity index (χ0n) is 19.6. The van der Waals surface area contributed by atoms with Gasteiger partial charge in [-0.1, -0.05) is 59.6 Å². The summed E-state index contributed by atoms with van der Waals surface area (Å²) in [5.74, 6) is -0.922. The molecule has 0 bridgehead atoms. The Kier molecular flexibility index (Phi) is 7.01. The molecule has 8 heteroatoms. The first-order chi connectivity index (χ1) is 17.5. The lowest BCUT2D eigenvalue weighted by Crippen LogP contribution is -2.47. The topological polar surface area (TPSA) is 74.4 Å². The Bertz CT molecular complexity index is 1420. The average Bonchev–Trinajstić information content (AvgIpc) is 3.29. The Hall–Kier alpha value is -3.32. The molecule has 2 heterocycles. The third-order valence-electron chi connectivity index (χ3n) is 6.59. The minimum atomic E-state index is -0.627. The number of aromatic amines is 1. The van der Waals surface area contributed by atoms with E-state index in [-0.39, 0.29) is 11.8 Å². The van der Waals surface area contributed by atoms with Crippen LogP contribution >= 0.6 is 23.2 Å². The molecule has 1 aliphatic rings. The van der Waals surface area contributed by atoms with Crippen LogP contribution in [0.25, 0.3) is 10.9 Å². The number of H-pyrrole nitrogens is 1. The molecule has 1 aliphatic heterocycles. The van der Waals surface area contributed by atoms with Crippen molar-refractivity contribution < 1.29 is 14.3 Å². The molecule has 2 amide bonds. The molecule has 2 unspecified atom stereocenters. The summed E-state index contributed by atoms with van der Waals surface area (Å²) in [7, 11) is 1.59. The fourth-order valence-electron chi connectivity index (χ4n) is 4.93. The Labute approximate surface area is 219 Å². The zero-order chi connectivity index (χ0) is 25.2. The highest BCUT2D eigenvalue weighted by molar-refractivity contribution is 6.31. The summed E-state index contributed by atoms with van der Waals surface area (Å²) in [5.41, 5.74) is 3.84. The van der Waals surface area contributed by atoms with E-state index in [1.807, 2.05) is 54.7 Å². The first kappa shape index (κ1) is 24.4. The molecular formula is C28H25Cl2N3O3. The lowest BCUT2D eigenvalue weighted by molar-refractivity contribution is -0.124. The number of hydrogen-bond donors (Lipinski definition) is 2. The average molecular weight is 522 g/mol. The van der Waals surface area contributed by atoms with Crippen molar-refractivity contribution in [3.63, 3.8) is 0 Å². The van der Waals surface area contributed by atoms with E-state index in [4.69, 9.17) is 27.9 Å². The predicted octanol–water partition coefficient (Wildman–Crippen LogP) is 5.72. The molecule has 3 aromatic carbocycles. The van der Waals surface area contributed by atoms with Crippen molar-refractivity contribution in [1.82, 2.24) is 15.2 Å². The van der Waals surface area contributed by atoms with Gasteiger partial charge in [-0.2, -0.15) is 0 Å². The zero-order valence-corrected chi connectivity index (χ0v) is 21.1. The fourth-order valence-corrected chi connectivity index (χ4v) is 5.23. The number of halogens is 2. The summed E-state index contributed by atoms with van der Waals surface area (Å²) in [4.78, 5) is 32.7. The van der Waals surface area contributed by atoms with Crippen LogP contribution in [0.5, 0.6) is 0 Å². The van der Waals surface area contributed by atoms with Crippen LogP contribution in [-0.4, -0.2) is 42.0 Å². The quantitative estimate of drug-likeness (QED) is 0.305. The molecular weight excluding hydrogens is 497 g/mol. The van der Waals surface area contributed by atoms with Gasteiger partial charge in [-0.3, -0.25) is 9.59 Å². The molecule has 1 aromatic heterocycles. The van der Waals surface area contributed by atoms with Gasteiger partial charge in [0.2, 0.25) is 5.91 Å². The summed E-state index contributed by atoms with van der Waals surface area (Å²) in [6.07, 6.45) is 1.87. The molecule has 0 saturated heterocycles. The van der Waals surface area contributed by atoms with Crippen LogP contribution in [0, 0.1) is 0 Å². The number of amides is 2. The van der Waals surface area contributed by atoms with E-state index in [1.165, 1.54) is 0 Å². The van der Waals surface area contributed by atoms with Crippen molar-refractivity contribution in [3.05, 3.63) is 105 Å². The number of methoxy groups -OCH3 is 1. The van der Waals surface area contributed by atoms with Gasteiger partial charge in [0.25, 0.3) is 5.91 Å². The van der Waals surface area contributed by atoms with E-state index < -0.39 is 12.0 Å². The highest BCUT2D eigenvalue weighted by Crippen LogP contribution is 2.45. The second kappa shape index (κ2) is 10.3. The number of aromatic nitrogens is 1. The number of rotatable bonds is 7. The number of benzene rings is 3.